The van der Waals surface area contributed by atoms with Crippen LogP contribution in [0.3, 0.4) is 0 Å². The fourth-order valence-corrected chi connectivity index (χ4v) is 2.24. The molecule has 0 aliphatic heterocycles. The number of carbonyl (C=O) groups is 3. The summed E-state index contributed by atoms with van der Waals surface area (Å²) in [6.07, 6.45) is 0.432. The van der Waals surface area contributed by atoms with E-state index in [0.717, 1.165) is 5.01 Å². The number of halogens is 2. The Morgan fingerprint density at radius 3 is 2.56 bits per heavy atom. The van der Waals surface area contributed by atoms with Crippen LogP contribution >= 0.6 is 15.9 Å². The molecule has 0 unspecified atom stereocenters. The lowest BCUT2D eigenvalue weighted by atomic mass is 10.3. The summed E-state index contributed by atoms with van der Waals surface area (Å²) in [6, 6.07) is 3.43. The summed E-state index contributed by atoms with van der Waals surface area (Å²) in [7, 11) is 0. The molecule has 0 radical (unpaired) electrons. The molecule has 1 aromatic carbocycles. The lowest BCUT2D eigenvalue weighted by molar-refractivity contribution is -0.146. The molecule has 9 heteroatoms. The first-order valence-electron chi connectivity index (χ1n) is 7.86. The fraction of sp³-hybridized carbons (Fsp3) is 0.438. The van der Waals surface area contributed by atoms with Crippen LogP contribution in [0.2, 0.25) is 0 Å². The number of urea groups is 1. The predicted molar refractivity (Wildman–Crippen MR) is 94.1 cm³/mol. The van der Waals surface area contributed by atoms with Crippen molar-refractivity contribution in [3.05, 3.63) is 28.5 Å². The average Bonchev–Trinajstić information content (AvgIpc) is 2.55. The average molecular weight is 418 g/mol. The van der Waals surface area contributed by atoms with Crippen molar-refractivity contribution in [1.82, 2.24) is 10.4 Å². The lowest BCUT2D eigenvalue weighted by Gasteiger charge is -2.23. The van der Waals surface area contributed by atoms with Crippen LogP contribution in [0.25, 0.3) is 0 Å². The number of amides is 3. The van der Waals surface area contributed by atoms with Gasteiger partial charge in [0.15, 0.2) is 0 Å². The topological polar surface area (TPSA) is 87.7 Å². The number of ether oxygens (including phenoxy) is 1. The van der Waals surface area contributed by atoms with E-state index in [1.165, 1.54) is 12.1 Å². The van der Waals surface area contributed by atoms with Crippen molar-refractivity contribution < 1.29 is 23.5 Å². The molecule has 1 aromatic rings. The van der Waals surface area contributed by atoms with Crippen LogP contribution in [0.1, 0.15) is 33.1 Å². The normalized spacial score (nSPS) is 10.1. The summed E-state index contributed by atoms with van der Waals surface area (Å²) in [5.74, 6) is -1.52. The van der Waals surface area contributed by atoms with E-state index < -0.39 is 23.7 Å². The summed E-state index contributed by atoms with van der Waals surface area (Å²) < 4.78 is 19.0. The molecule has 0 atom stereocenters. The van der Waals surface area contributed by atoms with Crippen LogP contribution < -0.4 is 10.7 Å². The lowest BCUT2D eigenvalue weighted by Crippen LogP contribution is -2.48. The third-order valence-electron chi connectivity index (χ3n) is 3.01. The Morgan fingerprint density at radius 2 is 1.96 bits per heavy atom. The number of hydrazine groups is 1. The van der Waals surface area contributed by atoms with Crippen LogP contribution in [0, 0.1) is 5.82 Å². The third kappa shape index (κ3) is 7.51. The molecular weight excluding hydrogens is 397 g/mol. The number of anilines is 1. The van der Waals surface area contributed by atoms with E-state index >= 15 is 0 Å². The van der Waals surface area contributed by atoms with Crippen molar-refractivity contribution in [1.29, 1.82) is 0 Å². The summed E-state index contributed by atoms with van der Waals surface area (Å²) in [4.78, 5) is 35.4. The minimum absolute atomic E-state index is 0.0175. The van der Waals surface area contributed by atoms with Gasteiger partial charge in [0.1, 0.15) is 5.82 Å². The van der Waals surface area contributed by atoms with Crippen molar-refractivity contribution in [3.8, 4) is 0 Å². The summed E-state index contributed by atoms with van der Waals surface area (Å²) in [6.45, 7) is 4.01. The Labute approximate surface area is 154 Å². The molecule has 25 heavy (non-hydrogen) atoms. The Morgan fingerprint density at radius 1 is 1.24 bits per heavy atom. The SMILES string of the molecule is CCCN(NC(=O)Nc1ccc(Br)cc1F)C(=O)CCC(=O)OCC. The van der Waals surface area contributed by atoms with Gasteiger partial charge in [0.2, 0.25) is 5.91 Å². The number of nitrogens with one attached hydrogen (secondary N) is 2. The molecule has 0 bridgehead atoms. The standard InChI is InChI=1S/C16H21BrFN3O4/c1-3-9-21(14(22)7-8-15(23)25-4-2)20-16(24)19-13-6-5-11(17)10-12(13)18/h5-6,10H,3-4,7-9H2,1-2H3,(H2,19,20,24). The summed E-state index contributed by atoms with van der Waals surface area (Å²) >= 11 is 3.12. The molecular formula is C16H21BrFN3O4. The first-order valence-corrected chi connectivity index (χ1v) is 8.65. The second-order valence-corrected chi connectivity index (χ2v) is 5.96. The zero-order valence-electron chi connectivity index (χ0n) is 14.1. The zero-order chi connectivity index (χ0) is 18.8. The van der Waals surface area contributed by atoms with Crippen molar-refractivity contribution in [2.24, 2.45) is 0 Å². The molecule has 0 spiro atoms. The highest BCUT2D eigenvalue weighted by Crippen LogP contribution is 2.19. The van der Waals surface area contributed by atoms with Gasteiger partial charge in [-0.15, -0.1) is 0 Å². The second-order valence-electron chi connectivity index (χ2n) is 5.04. The monoisotopic (exact) mass is 417 g/mol. The molecule has 0 saturated carbocycles. The molecule has 138 valence electrons. The smallest absolute Gasteiger partial charge is 0.338 e. The number of hydrogen-bond acceptors (Lipinski definition) is 4. The molecule has 1 rings (SSSR count). The molecule has 0 heterocycles. The Hall–Kier alpha value is -2.16. The van der Waals surface area contributed by atoms with Gasteiger partial charge in [-0.25, -0.2) is 14.6 Å². The summed E-state index contributed by atoms with van der Waals surface area (Å²) in [5, 5.41) is 3.44. The van der Waals surface area contributed by atoms with Crippen LogP contribution in [-0.4, -0.2) is 36.1 Å². The van der Waals surface area contributed by atoms with Crippen molar-refractivity contribution >= 4 is 39.5 Å². The Balaban J connectivity index is 2.61. The number of hydrogen-bond donors (Lipinski definition) is 2. The van der Waals surface area contributed by atoms with Crippen molar-refractivity contribution in [2.75, 3.05) is 18.5 Å². The largest absolute Gasteiger partial charge is 0.466 e. The van der Waals surface area contributed by atoms with Crippen molar-refractivity contribution in [3.63, 3.8) is 0 Å². The number of carbonyl (C=O) groups excluding carboxylic acids is 3. The molecule has 3 amide bonds. The maximum absolute atomic E-state index is 13.7. The van der Waals surface area contributed by atoms with E-state index in [1.54, 1.807) is 13.0 Å². The number of benzene rings is 1. The second kappa shape index (κ2) is 10.7. The predicted octanol–water partition coefficient (Wildman–Crippen LogP) is 3.21. The molecule has 0 aliphatic rings. The van der Waals surface area contributed by atoms with Gasteiger partial charge in [-0.3, -0.25) is 14.6 Å². The highest BCUT2D eigenvalue weighted by Gasteiger charge is 2.18. The van der Waals surface area contributed by atoms with E-state index in [-0.39, 0.29) is 31.7 Å². The van der Waals surface area contributed by atoms with Crippen LogP contribution in [0.4, 0.5) is 14.9 Å². The van der Waals surface area contributed by atoms with E-state index in [2.05, 4.69) is 26.7 Å². The van der Waals surface area contributed by atoms with Gasteiger partial charge in [-0.2, -0.15) is 0 Å². The van der Waals surface area contributed by atoms with E-state index in [0.29, 0.717) is 10.9 Å². The van der Waals surface area contributed by atoms with Gasteiger partial charge in [-0.05, 0) is 31.5 Å². The van der Waals surface area contributed by atoms with Gasteiger partial charge in [0.05, 0.1) is 18.7 Å². The number of nitrogens with zero attached hydrogens (tertiary/aromatic N) is 1. The van der Waals surface area contributed by atoms with E-state index in [4.69, 9.17) is 4.74 Å². The van der Waals surface area contributed by atoms with Crippen LogP contribution in [-0.2, 0) is 14.3 Å². The van der Waals surface area contributed by atoms with Gasteiger partial charge in [0, 0.05) is 17.4 Å². The first kappa shape index (κ1) is 20.9. The molecule has 0 saturated heterocycles. The highest BCUT2D eigenvalue weighted by atomic mass is 79.9. The van der Waals surface area contributed by atoms with Gasteiger partial charge in [0.25, 0.3) is 0 Å². The molecule has 7 nitrogen and oxygen atoms in total. The van der Waals surface area contributed by atoms with E-state index in [1.807, 2.05) is 6.92 Å². The quantitative estimate of drug-likeness (QED) is 0.526. The van der Waals surface area contributed by atoms with Crippen molar-refractivity contribution in [2.45, 2.75) is 33.1 Å². The van der Waals surface area contributed by atoms with E-state index in [9.17, 15) is 18.8 Å². The van der Waals surface area contributed by atoms with Crippen LogP contribution in [0.5, 0.6) is 0 Å². The molecule has 0 fully saturated rings. The minimum atomic E-state index is -0.751. The minimum Gasteiger partial charge on any atom is -0.466 e. The van der Waals surface area contributed by atoms with Gasteiger partial charge < -0.3 is 10.1 Å². The van der Waals surface area contributed by atoms with Gasteiger partial charge in [-0.1, -0.05) is 22.9 Å². The summed E-state index contributed by atoms with van der Waals surface area (Å²) in [5.41, 5.74) is 2.35. The van der Waals surface area contributed by atoms with Gasteiger partial charge >= 0.3 is 12.0 Å². The fourth-order valence-electron chi connectivity index (χ4n) is 1.91. The molecule has 0 aliphatic carbocycles. The number of rotatable bonds is 7. The number of esters is 1. The molecule has 2 N–H and O–H groups in total. The maximum Gasteiger partial charge on any atom is 0.338 e. The van der Waals surface area contributed by atoms with Crippen LogP contribution in [0.15, 0.2) is 22.7 Å². The maximum atomic E-state index is 13.7. The molecule has 0 aromatic heterocycles. The Bertz CT molecular complexity index is 627. The third-order valence-corrected chi connectivity index (χ3v) is 3.51. The highest BCUT2D eigenvalue weighted by molar-refractivity contribution is 9.10. The Kier molecular flexibility index (Phi) is 8.90. The zero-order valence-corrected chi connectivity index (χ0v) is 15.7. The first-order chi connectivity index (χ1) is 11.9.